The van der Waals surface area contributed by atoms with Crippen LogP contribution in [0, 0.1) is 0 Å². The molecule has 7 nitrogen and oxygen atoms in total. The molecule has 0 aromatic heterocycles. The Labute approximate surface area is 104 Å². The summed E-state index contributed by atoms with van der Waals surface area (Å²) in [7, 11) is 0. The summed E-state index contributed by atoms with van der Waals surface area (Å²) >= 11 is 0. The largest absolute Gasteiger partial charge is 0.445 e. The van der Waals surface area contributed by atoms with Crippen molar-refractivity contribution in [2.24, 2.45) is 0 Å². The van der Waals surface area contributed by atoms with E-state index in [9.17, 15) is 14.4 Å². The maximum atomic E-state index is 11.7. The van der Waals surface area contributed by atoms with E-state index in [1.54, 1.807) is 0 Å². The minimum absolute atomic E-state index is 0.00350. The molecule has 1 saturated heterocycles. The first-order valence-electron chi connectivity index (χ1n) is 5.26. The van der Waals surface area contributed by atoms with Crippen molar-refractivity contribution in [1.82, 2.24) is 9.80 Å². The van der Waals surface area contributed by atoms with Crippen LogP contribution in [0.5, 0.6) is 0 Å². The second-order valence-corrected chi connectivity index (χ2v) is 3.32. The standard InChI is InChI=1S/C11H14N2O5/c1-3-7-17-10(15)12-5-6-13(9(12)14)11(16)18-8-4-2/h3-4H,1-2,5-8H2. The van der Waals surface area contributed by atoms with Crippen molar-refractivity contribution in [3.8, 4) is 0 Å². The van der Waals surface area contributed by atoms with E-state index in [-0.39, 0.29) is 26.3 Å². The average Bonchev–Trinajstić information content (AvgIpc) is 2.75. The molecule has 18 heavy (non-hydrogen) atoms. The number of amides is 4. The molecule has 0 radical (unpaired) electrons. The van der Waals surface area contributed by atoms with E-state index in [0.29, 0.717) is 0 Å². The summed E-state index contributed by atoms with van der Waals surface area (Å²) < 4.78 is 9.42. The zero-order chi connectivity index (χ0) is 13.5. The monoisotopic (exact) mass is 254 g/mol. The summed E-state index contributed by atoms with van der Waals surface area (Å²) in [6, 6.07) is -0.752. The minimum Gasteiger partial charge on any atom is -0.445 e. The molecule has 1 aliphatic heterocycles. The molecular formula is C11H14N2O5. The van der Waals surface area contributed by atoms with Gasteiger partial charge in [0.05, 0.1) is 13.1 Å². The summed E-state index contributed by atoms with van der Waals surface area (Å²) in [6.07, 6.45) is 1.15. The highest BCUT2D eigenvalue weighted by atomic mass is 16.6. The zero-order valence-corrected chi connectivity index (χ0v) is 9.83. The lowest BCUT2D eigenvalue weighted by Crippen LogP contribution is -2.39. The van der Waals surface area contributed by atoms with E-state index in [2.05, 4.69) is 13.2 Å². The van der Waals surface area contributed by atoms with Crippen LogP contribution in [0.3, 0.4) is 0 Å². The van der Waals surface area contributed by atoms with Crippen LogP contribution in [-0.4, -0.2) is 54.3 Å². The molecule has 0 aromatic carbocycles. The van der Waals surface area contributed by atoms with E-state index in [1.807, 2.05) is 0 Å². The predicted octanol–water partition coefficient (Wildman–Crippen LogP) is 1.37. The summed E-state index contributed by atoms with van der Waals surface area (Å²) in [6.45, 7) is 6.93. The molecule has 0 unspecified atom stereocenters. The Morgan fingerprint density at radius 2 is 1.44 bits per heavy atom. The maximum Gasteiger partial charge on any atom is 0.418 e. The van der Waals surface area contributed by atoms with Crippen molar-refractivity contribution in [3.63, 3.8) is 0 Å². The van der Waals surface area contributed by atoms with Gasteiger partial charge in [0.25, 0.3) is 0 Å². The van der Waals surface area contributed by atoms with Crippen molar-refractivity contribution in [2.75, 3.05) is 26.3 Å². The van der Waals surface area contributed by atoms with Crippen LogP contribution in [0.2, 0.25) is 0 Å². The topological polar surface area (TPSA) is 76.2 Å². The molecule has 0 atom stereocenters. The number of hydrogen-bond acceptors (Lipinski definition) is 5. The van der Waals surface area contributed by atoms with Crippen molar-refractivity contribution in [3.05, 3.63) is 25.3 Å². The third kappa shape index (κ3) is 3.09. The van der Waals surface area contributed by atoms with Gasteiger partial charge in [0, 0.05) is 0 Å². The smallest absolute Gasteiger partial charge is 0.418 e. The number of carbonyl (C=O) groups is 3. The van der Waals surface area contributed by atoms with Gasteiger partial charge in [-0.3, -0.25) is 0 Å². The van der Waals surface area contributed by atoms with Crippen LogP contribution in [0.25, 0.3) is 0 Å². The first-order chi connectivity index (χ1) is 8.61. The highest BCUT2D eigenvalue weighted by Crippen LogP contribution is 2.11. The Kier molecular flexibility index (Phi) is 4.91. The Bertz CT molecular complexity index is 346. The molecule has 98 valence electrons. The van der Waals surface area contributed by atoms with Gasteiger partial charge in [-0.15, -0.1) is 0 Å². The van der Waals surface area contributed by atoms with E-state index < -0.39 is 18.2 Å². The fourth-order valence-corrected chi connectivity index (χ4v) is 1.29. The second kappa shape index (κ2) is 6.43. The average molecular weight is 254 g/mol. The number of nitrogens with zero attached hydrogens (tertiary/aromatic N) is 2. The van der Waals surface area contributed by atoms with Gasteiger partial charge < -0.3 is 9.47 Å². The number of ether oxygens (including phenoxy) is 2. The number of urea groups is 1. The minimum atomic E-state index is -0.807. The SMILES string of the molecule is C=CCOC(=O)N1CCN(C(=O)OCC=C)C1=O. The van der Waals surface area contributed by atoms with Gasteiger partial charge in [-0.05, 0) is 0 Å². The quantitative estimate of drug-likeness (QED) is 0.708. The van der Waals surface area contributed by atoms with Gasteiger partial charge in [0.2, 0.25) is 0 Å². The highest BCUT2D eigenvalue weighted by Gasteiger charge is 2.38. The first-order valence-corrected chi connectivity index (χ1v) is 5.26. The predicted molar refractivity (Wildman–Crippen MR) is 61.9 cm³/mol. The van der Waals surface area contributed by atoms with Crippen molar-refractivity contribution in [1.29, 1.82) is 0 Å². The van der Waals surface area contributed by atoms with E-state index in [4.69, 9.17) is 9.47 Å². The Morgan fingerprint density at radius 1 is 1.06 bits per heavy atom. The van der Waals surface area contributed by atoms with Gasteiger partial charge in [0.1, 0.15) is 13.2 Å². The number of imide groups is 2. The molecule has 1 aliphatic rings. The molecular weight excluding hydrogens is 240 g/mol. The highest BCUT2D eigenvalue weighted by molar-refractivity contribution is 6.00. The molecule has 0 bridgehead atoms. The summed E-state index contributed by atoms with van der Waals surface area (Å²) in [5.74, 6) is 0. The van der Waals surface area contributed by atoms with Gasteiger partial charge in [-0.25, -0.2) is 24.2 Å². The summed E-state index contributed by atoms with van der Waals surface area (Å²) in [5, 5.41) is 0. The fraction of sp³-hybridized carbons (Fsp3) is 0.364. The van der Waals surface area contributed by atoms with Crippen LogP contribution in [0.15, 0.2) is 25.3 Å². The molecule has 1 rings (SSSR count). The third-order valence-corrected chi connectivity index (χ3v) is 2.10. The maximum absolute atomic E-state index is 11.7. The van der Waals surface area contributed by atoms with Crippen LogP contribution in [0.4, 0.5) is 14.4 Å². The van der Waals surface area contributed by atoms with Crippen molar-refractivity contribution in [2.45, 2.75) is 0 Å². The van der Waals surface area contributed by atoms with Gasteiger partial charge in [-0.2, -0.15) is 0 Å². The molecule has 0 N–H and O–H groups in total. The summed E-state index contributed by atoms with van der Waals surface area (Å²) in [5.41, 5.74) is 0. The second-order valence-electron chi connectivity index (χ2n) is 3.32. The Hall–Kier alpha value is -2.31. The molecule has 0 aromatic rings. The normalized spacial score (nSPS) is 14.3. The lowest BCUT2D eigenvalue weighted by atomic mass is 10.6. The zero-order valence-electron chi connectivity index (χ0n) is 9.83. The van der Waals surface area contributed by atoms with Crippen LogP contribution in [-0.2, 0) is 9.47 Å². The lowest BCUT2D eigenvalue weighted by molar-refractivity contribution is 0.115. The van der Waals surface area contributed by atoms with Crippen LogP contribution < -0.4 is 0 Å². The van der Waals surface area contributed by atoms with Crippen molar-refractivity contribution >= 4 is 18.2 Å². The molecule has 0 aliphatic carbocycles. The van der Waals surface area contributed by atoms with Gasteiger partial charge in [-0.1, -0.05) is 25.3 Å². The summed E-state index contributed by atoms with van der Waals surface area (Å²) in [4.78, 5) is 36.3. The van der Waals surface area contributed by atoms with Gasteiger partial charge >= 0.3 is 18.2 Å². The Balaban J connectivity index is 2.55. The van der Waals surface area contributed by atoms with E-state index >= 15 is 0 Å². The molecule has 7 heteroatoms. The molecule has 0 saturated carbocycles. The van der Waals surface area contributed by atoms with Gasteiger partial charge in [0.15, 0.2) is 0 Å². The third-order valence-electron chi connectivity index (χ3n) is 2.10. The fourth-order valence-electron chi connectivity index (χ4n) is 1.29. The number of carbonyl (C=O) groups excluding carboxylic acids is 3. The molecule has 1 heterocycles. The Morgan fingerprint density at radius 3 is 1.78 bits per heavy atom. The van der Waals surface area contributed by atoms with E-state index in [1.165, 1.54) is 12.2 Å². The van der Waals surface area contributed by atoms with Crippen LogP contribution >= 0.6 is 0 Å². The molecule has 1 fully saturated rings. The van der Waals surface area contributed by atoms with Crippen LogP contribution in [0.1, 0.15) is 0 Å². The molecule has 4 amide bonds. The lowest BCUT2D eigenvalue weighted by Gasteiger charge is -2.15. The van der Waals surface area contributed by atoms with Crippen molar-refractivity contribution < 1.29 is 23.9 Å². The number of rotatable bonds is 4. The first kappa shape index (κ1) is 13.8. The molecule has 0 spiro atoms. The van der Waals surface area contributed by atoms with E-state index in [0.717, 1.165) is 9.80 Å². The number of hydrogen-bond donors (Lipinski definition) is 0.